The molecule has 0 amide bonds. The Kier molecular flexibility index (Phi) is 4.26. The largest absolute Gasteiger partial charge is 0.399 e. The molecule has 5 heteroatoms. The van der Waals surface area contributed by atoms with Crippen molar-refractivity contribution < 1.29 is 13.5 Å². The molecule has 0 radical (unpaired) electrons. The first-order chi connectivity index (χ1) is 9.60. The monoisotopic (exact) mass is 298 g/mol. The van der Waals surface area contributed by atoms with Gasteiger partial charge < -0.3 is 15.4 Å². The van der Waals surface area contributed by atoms with Crippen molar-refractivity contribution in [1.29, 1.82) is 0 Å². The van der Waals surface area contributed by atoms with Crippen LogP contribution >= 0.6 is 0 Å². The number of nitrogen functional groups attached to an aromatic ring is 1. The summed E-state index contributed by atoms with van der Waals surface area (Å²) in [7, 11) is 1.82. The van der Waals surface area contributed by atoms with E-state index in [0.717, 1.165) is 5.56 Å². The van der Waals surface area contributed by atoms with Crippen molar-refractivity contribution in [3.05, 3.63) is 29.3 Å². The van der Waals surface area contributed by atoms with Crippen LogP contribution in [0.15, 0.2) is 18.2 Å². The predicted octanol–water partition coefficient (Wildman–Crippen LogP) is 2.99. The number of anilines is 1. The first kappa shape index (κ1) is 16.2. The van der Waals surface area contributed by atoms with Crippen LogP contribution in [0, 0.1) is 0 Å². The van der Waals surface area contributed by atoms with Crippen molar-refractivity contribution in [2.45, 2.75) is 38.2 Å². The minimum atomic E-state index is -3.05. The smallest absolute Gasteiger partial charge is 0.300 e. The molecular formula is C16H24F2N2O. The van der Waals surface area contributed by atoms with Gasteiger partial charge in [-0.15, -0.1) is 0 Å². The molecule has 1 fully saturated rings. The van der Waals surface area contributed by atoms with Crippen LogP contribution in [0.1, 0.15) is 31.9 Å². The molecule has 1 aliphatic rings. The maximum Gasteiger partial charge on any atom is 0.300 e. The highest BCUT2D eigenvalue weighted by Crippen LogP contribution is 2.38. The van der Waals surface area contributed by atoms with Crippen LogP contribution in [0.2, 0.25) is 0 Å². The fraction of sp³-hybridized carbons (Fsp3) is 0.625. The van der Waals surface area contributed by atoms with Crippen LogP contribution in [-0.4, -0.2) is 37.7 Å². The lowest BCUT2D eigenvalue weighted by Crippen LogP contribution is -2.48. The molecule has 0 aliphatic carbocycles. The maximum absolute atomic E-state index is 14.8. The molecule has 0 bridgehead atoms. The zero-order chi connectivity index (χ0) is 15.8. The van der Waals surface area contributed by atoms with Crippen LogP contribution < -0.4 is 5.73 Å². The molecule has 0 aromatic heterocycles. The molecule has 2 N–H and O–H groups in total. The number of hydrogen-bond donors (Lipinski definition) is 1. The molecular weight excluding hydrogens is 274 g/mol. The van der Waals surface area contributed by atoms with E-state index in [0.29, 0.717) is 18.8 Å². The standard InChI is InChI=1S/C16H24F2N2O/c1-15(2,3)11-7-12(9-13(19)8-11)16(17,18)14-10-20(4)5-6-21-14/h7-9,14H,5-6,10,19H2,1-4H3. The van der Waals surface area contributed by atoms with Gasteiger partial charge in [-0.3, -0.25) is 0 Å². The normalized spacial score (nSPS) is 21.5. The summed E-state index contributed by atoms with van der Waals surface area (Å²) in [4.78, 5) is 1.86. The molecule has 118 valence electrons. The number of rotatable bonds is 2. The first-order valence-electron chi connectivity index (χ1n) is 7.20. The Labute approximate surface area is 125 Å². The number of hydrogen-bond acceptors (Lipinski definition) is 3. The molecule has 1 aromatic rings. The summed E-state index contributed by atoms with van der Waals surface area (Å²) >= 11 is 0. The second-order valence-corrected chi connectivity index (χ2v) is 6.84. The Bertz CT molecular complexity index is 511. The third-order valence-electron chi connectivity index (χ3n) is 3.88. The molecule has 1 saturated heterocycles. The Balaban J connectivity index is 2.37. The summed E-state index contributed by atoms with van der Waals surface area (Å²) in [6.07, 6.45) is -1.13. The van der Waals surface area contributed by atoms with Gasteiger partial charge in [0.2, 0.25) is 0 Å². The molecule has 0 spiro atoms. The van der Waals surface area contributed by atoms with E-state index >= 15 is 0 Å². The Morgan fingerprint density at radius 2 is 1.81 bits per heavy atom. The molecule has 21 heavy (non-hydrogen) atoms. The fourth-order valence-corrected chi connectivity index (χ4v) is 2.46. The lowest BCUT2D eigenvalue weighted by atomic mass is 9.84. The van der Waals surface area contributed by atoms with Gasteiger partial charge in [-0.05, 0) is 36.2 Å². The van der Waals surface area contributed by atoms with Crippen LogP contribution in [0.4, 0.5) is 14.5 Å². The Hall–Kier alpha value is -1.20. The van der Waals surface area contributed by atoms with Gasteiger partial charge in [0.25, 0.3) is 5.92 Å². The molecule has 3 nitrogen and oxygen atoms in total. The van der Waals surface area contributed by atoms with Gasteiger partial charge in [-0.25, -0.2) is 0 Å². The molecule has 1 heterocycles. The van der Waals surface area contributed by atoms with Crippen LogP contribution in [-0.2, 0) is 16.1 Å². The van der Waals surface area contributed by atoms with Crippen molar-refractivity contribution in [3.8, 4) is 0 Å². The van der Waals surface area contributed by atoms with Crippen molar-refractivity contribution in [1.82, 2.24) is 4.90 Å². The topological polar surface area (TPSA) is 38.5 Å². The summed E-state index contributed by atoms with van der Waals surface area (Å²) in [5.41, 5.74) is 6.70. The van der Waals surface area contributed by atoms with Gasteiger partial charge in [-0.2, -0.15) is 8.78 Å². The van der Waals surface area contributed by atoms with E-state index in [-0.39, 0.29) is 17.5 Å². The number of nitrogens with zero attached hydrogens (tertiary/aromatic N) is 1. The third kappa shape index (κ3) is 3.52. The summed E-state index contributed by atoms with van der Waals surface area (Å²) in [5.74, 6) is -3.05. The average Bonchev–Trinajstić information content (AvgIpc) is 2.37. The number of halogens is 2. The lowest BCUT2D eigenvalue weighted by molar-refractivity contribution is -0.169. The summed E-state index contributed by atoms with van der Waals surface area (Å²) < 4.78 is 34.8. The van der Waals surface area contributed by atoms with E-state index < -0.39 is 12.0 Å². The van der Waals surface area contributed by atoms with Gasteiger partial charge >= 0.3 is 0 Å². The Morgan fingerprint density at radius 1 is 1.19 bits per heavy atom. The summed E-state index contributed by atoms with van der Waals surface area (Å²) in [6.45, 7) is 7.16. The van der Waals surface area contributed by atoms with Crippen molar-refractivity contribution in [3.63, 3.8) is 0 Å². The third-order valence-corrected chi connectivity index (χ3v) is 3.88. The number of likely N-dealkylation sites (N-methyl/N-ethyl adjacent to an activating group) is 1. The molecule has 1 atom stereocenters. The highest BCUT2D eigenvalue weighted by molar-refractivity contribution is 5.48. The van der Waals surface area contributed by atoms with Crippen LogP contribution in [0.25, 0.3) is 0 Å². The van der Waals surface area contributed by atoms with E-state index in [1.807, 2.05) is 32.7 Å². The second kappa shape index (κ2) is 5.54. The first-order valence-corrected chi connectivity index (χ1v) is 7.20. The predicted molar refractivity (Wildman–Crippen MR) is 80.7 cm³/mol. The summed E-state index contributed by atoms with van der Waals surface area (Å²) in [6, 6.07) is 4.66. The van der Waals surface area contributed by atoms with Crippen molar-refractivity contribution in [2.75, 3.05) is 32.5 Å². The molecule has 0 saturated carbocycles. The van der Waals surface area contributed by atoms with Gasteiger partial charge in [0.1, 0.15) is 6.10 Å². The van der Waals surface area contributed by atoms with Crippen LogP contribution in [0.3, 0.4) is 0 Å². The van der Waals surface area contributed by atoms with E-state index in [4.69, 9.17) is 10.5 Å². The van der Waals surface area contributed by atoms with E-state index in [1.54, 1.807) is 12.1 Å². The fourth-order valence-electron chi connectivity index (χ4n) is 2.46. The van der Waals surface area contributed by atoms with E-state index in [1.165, 1.54) is 6.07 Å². The maximum atomic E-state index is 14.8. The quantitative estimate of drug-likeness (QED) is 0.853. The van der Waals surface area contributed by atoms with E-state index in [9.17, 15) is 8.78 Å². The van der Waals surface area contributed by atoms with E-state index in [2.05, 4.69) is 0 Å². The SMILES string of the molecule is CN1CCOC(C(F)(F)c2cc(N)cc(C(C)(C)C)c2)C1. The number of ether oxygens (including phenoxy) is 1. The number of nitrogens with two attached hydrogens (primary N) is 1. The minimum absolute atomic E-state index is 0.0623. The minimum Gasteiger partial charge on any atom is -0.399 e. The average molecular weight is 298 g/mol. The van der Waals surface area contributed by atoms with Crippen molar-refractivity contribution >= 4 is 5.69 Å². The van der Waals surface area contributed by atoms with Crippen molar-refractivity contribution in [2.24, 2.45) is 0 Å². The summed E-state index contributed by atoms with van der Waals surface area (Å²) in [5, 5.41) is 0. The van der Waals surface area contributed by atoms with Gasteiger partial charge in [0, 0.05) is 24.3 Å². The van der Waals surface area contributed by atoms with Gasteiger partial charge in [0.15, 0.2) is 0 Å². The Morgan fingerprint density at radius 3 is 2.38 bits per heavy atom. The number of benzene rings is 1. The van der Waals surface area contributed by atoms with Gasteiger partial charge in [-0.1, -0.05) is 20.8 Å². The number of morpholine rings is 1. The van der Waals surface area contributed by atoms with Crippen LogP contribution in [0.5, 0.6) is 0 Å². The zero-order valence-electron chi connectivity index (χ0n) is 13.1. The molecule has 1 aliphatic heterocycles. The zero-order valence-corrected chi connectivity index (χ0v) is 13.1. The highest BCUT2D eigenvalue weighted by atomic mass is 19.3. The molecule has 1 unspecified atom stereocenters. The lowest BCUT2D eigenvalue weighted by Gasteiger charge is -2.35. The highest BCUT2D eigenvalue weighted by Gasteiger charge is 2.44. The molecule has 2 rings (SSSR count). The second-order valence-electron chi connectivity index (χ2n) is 6.84. The van der Waals surface area contributed by atoms with Gasteiger partial charge in [0.05, 0.1) is 6.61 Å². The molecule has 1 aromatic carbocycles. The number of alkyl halides is 2.